The van der Waals surface area contributed by atoms with Crippen molar-refractivity contribution >= 4 is 39.8 Å². The first-order valence-corrected chi connectivity index (χ1v) is 10.9. The molecule has 7 heteroatoms. The Hall–Kier alpha value is -0.830. The first kappa shape index (κ1) is 23.2. The third-order valence-electron chi connectivity index (χ3n) is 4.61. The zero-order valence-corrected chi connectivity index (χ0v) is 19.2. The molecule has 0 aromatic heterocycles. The highest BCUT2D eigenvalue weighted by molar-refractivity contribution is 14.0. The summed E-state index contributed by atoms with van der Waals surface area (Å²) in [5.74, 6) is 1.58. The average Bonchev–Trinajstić information content (AvgIpc) is 2.61. The molecule has 1 aliphatic rings. The normalized spacial score (nSPS) is 19.6. The van der Waals surface area contributed by atoms with Gasteiger partial charge in [0, 0.05) is 25.7 Å². The van der Waals surface area contributed by atoms with Crippen LogP contribution in [0.25, 0.3) is 0 Å². The lowest BCUT2D eigenvalue weighted by Crippen LogP contribution is -2.51. The zero-order valence-electron chi connectivity index (χ0n) is 16.0. The maximum absolute atomic E-state index is 12.7. The summed E-state index contributed by atoms with van der Waals surface area (Å²) in [4.78, 5) is 7.27. The molecule has 148 valence electrons. The van der Waals surface area contributed by atoms with Crippen LogP contribution in [0.4, 0.5) is 0 Å². The maximum atomic E-state index is 12.7. The number of nitrogens with one attached hydrogen (secondary N) is 1. The van der Waals surface area contributed by atoms with E-state index in [1.165, 1.54) is 6.42 Å². The zero-order chi connectivity index (χ0) is 18.3. The summed E-state index contributed by atoms with van der Waals surface area (Å²) < 4.78 is 25.4. The summed E-state index contributed by atoms with van der Waals surface area (Å²) in [5, 5.41) is 3.42. The van der Waals surface area contributed by atoms with Crippen LogP contribution in [0.5, 0.6) is 0 Å². The monoisotopic (exact) mass is 493 g/mol. The Balaban J connectivity index is 0.00000338. The molecule has 5 nitrogen and oxygen atoms in total. The molecule has 0 bridgehead atoms. The molecule has 1 aliphatic heterocycles. The molecule has 2 unspecified atom stereocenters. The van der Waals surface area contributed by atoms with Crippen molar-refractivity contribution in [1.29, 1.82) is 0 Å². The number of hydrogen-bond donors (Lipinski definition) is 1. The number of guanidine groups is 1. The highest BCUT2D eigenvalue weighted by Gasteiger charge is 2.24. The van der Waals surface area contributed by atoms with E-state index in [1.807, 2.05) is 19.9 Å². The predicted molar refractivity (Wildman–Crippen MR) is 119 cm³/mol. The Labute approximate surface area is 175 Å². The second-order valence-corrected chi connectivity index (χ2v) is 8.87. The molecule has 0 spiro atoms. The average molecular weight is 493 g/mol. The Morgan fingerprint density at radius 1 is 1.31 bits per heavy atom. The minimum Gasteiger partial charge on any atom is -0.352 e. The molecule has 0 amide bonds. The minimum absolute atomic E-state index is 0. The van der Waals surface area contributed by atoms with Crippen LogP contribution >= 0.6 is 24.0 Å². The molecule has 1 aromatic rings. The van der Waals surface area contributed by atoms with Crippen molar-refractivity contribution in [3.8, 4) is 0 Å². The van der Waals surface area contributed by atoms with Crippen LogP contribution in [0.3, 0.4) is 0 Å². The molecule has 0 radical (unpaired) electrons. The maximum Gasteiger partial charge on any atom is 0.194 e. The van der Waals surface area contributed by atoms with Gasteiger partial charge in [0.15, 0.2) is 15.8 Å². The van der Waals surface area contributed by atoms with Crippen LogP contribution in [0.1, 0.15) is 40.0 Å². The standard InChI is InChI=1S/C19H31N3O2S.HI/c1-4-17(15-25(23,24)18-11-7-6-8-12-18)21-19(20-5-2)22-13-9-10-16(3)14-22;/h6-8,11-12,16-17H,4-5,9-10,13-15H2,1-3H3,(H,20,21);1H. The number of hydrogen-bond acceptors (Lipinski definition) is 3. The topological polar surface area (TPSA) is 61.8 Å². The molecular weight excluding hydrogens is 461 g/mol. The fraction of sp³-hybridized carbons (Fsp3) is 0.632. The quantitative estimate of drug-likeness (QED) is 0.374. The van der Waals surface area contributed by atoms with Crippen molar-refractivity contribution < 1.29 is 8.42 Å². The summed E-state index contributed by atoms with van der Waals surface area (Å²) in [6, 6.07) is 8.54. The molecule has 0 saturated carbocycles. The summed E-state index contributed by atoms with van der Waals surface area (Å²) in [6.07, 6.45) is 3.14. The number of sulfone groups is 1. The van der Waals surface area contributed by atoms with E-state index in [0.717, 1.165) is 31.9 Å². The van der Waals surface area contributed by atoms with Gasteiger partial charge in [0.05, 0.1) is 10.6 Å². The van der Waals surface area contributed by atoms with Crippen LogP contribution < -0.4 is 5.32 Å². The highest BCUT2D eigenvalue weighted by Crippen LogP contribution is 2.17. The van der Waals surface area contributed by atoms with Crippen molar-refractivity contribution in [3.05, 3.63) is 30.3 Å². The first-order chi connectivity index (χ1) is 12.0. The Bertz CT molecular complexity index is 665. The Morgan fingerprint density at radius 2 is 2.00 bits per heavy atom. The van der Waals surface area contributed by atoms with Crippen molar-refractivity contribution in [2.75, 3.05) is 25.4 Å². The van der Waals surface area contributed by atoms with Gasteiger partial charge in [0.2, 0.25) is 0 Å². The predicted octanol–water partition coefficient (Wildman–Crippen LogP) is 3.55. The number of nitrogens with zero attached hydrogens (tertiary/aromatic N) is 2. The second kappa shape index (κ2) is 11.1. The fourth-order valence-electron chi connectivity index (χ4n) is 3.20. The van der Waals surface area contributed by atoms with Gasteiger partial charge in [0.25, 0.3) is 0 Å². The number of rotatable bonds is 6. The third-order valence-corrected chi connectivity index (χ3v) is 6.44. The van der Waals surface area contributed by atoms with Gasteiger partial charge in [-0.3, -0.25) is 4.99 Å². The van der Waals surface area contributed by atoms with Crippen molar-refractivity contribution in [2.45, 2.75) is 51.0 Å². The molecule has 1 fully saturated rings. The van der Waals surface area contributed by atoms with Crippen molar-refractivity contribution in [1.82, 2.24) is 10.2 Å². The van der Waals surface area contributed by atoms with E-state index < -0.39 is 9.84 Å². The summed E-state index contributed by atoms with van der Waals surface area (Å²) >= 11 is 0. The summed E-state index contributed by atoms with van der Waals surface area (Å²) in [5.41, 5.74) is 0. The van der Waals surface area contributed by atoms with Crippen LogP contribution in [0.2, 0.25) is 0 Å². The molecule has 2 atom stereocenters. The lowest BCUT2D eigenvalue weighted by atomic mass is 10.0. The van der Waals surface area contributed by atoms with Gasteiger partial charge in [-0.2, -0.15) is 0 Å². The lowest BCUT2D eigenvalue weighted by molar-refractivity contribution is 0.263. The third kappa shape index (κ3) is 6.72. The van der Waals surface area contributed by atoms with E-state index >= 15 is 0 Å². The molecule has 0 aliphatic carbocycles. The molecule has 1 aromatic carbocycles. The number of halogens is 1. The molecule has 1 heterocycles. The van der Waals surface area contributed by atoms with Gasteiger partial charge in [-0.25, -0.2) is 8.42 Å². The summed E-state index contributed by atoms with van der Waals surface area (Å²) in [7, 11) is -3.31. The number of aliphatic imine (C=N–C) groups is 1. The molecule has 26 heavy (non-hydrogen) atoms. The smallest absolute Gasteiger partial charge is 0.194 e. The van der Waals surface area contributed by atoms with E-state index in [-0.39, 0.29) is 35.8 Å². The molecule has 1 N–H and O–H groups in total. The van der Waals surface area contributed by atoms with Gasteiger partial charge in [-0.1, -0.05) is 32.0 Å². The van der Waals surface area contributed by atoms with Crippen LogP contribution in [-0.2, 0) is 9.84 Å². The lowest BCUT2D eigenvalue weighted by Gasteiger charge is -2.35. The number of benzene rings is 1. The van der Waals surface area contributed by atoms with E-state index in [4.69, 9.17) is 0 Å². The highest BCUT2D eigenvalue weighted by atomic mass is 127. The van der Waals surface area contributed by atoms with Gasteiger partial charge in [0.1, 0.15) is 0 Å². The Morgan fingerprint density at radius 3 is 2.58 bits per heavy atom. The second-order valence-electron chi connectivity index (χ2n) is 6.84. The molecular formula is C19H32IN3O2S. The fourth-order valence-corrected chi connectivity index (χ4v) is 4.81. The van der Waals surface area contributed by atoms with E-state index in [0.29, 0.717) is 17.4 Å². The largest absolute Gasteiger partial charge is 0.352 e. The molecule has 2 rings (SSSR count). The van der Waals surface area contributed by atoms with E-state index in [9.17, 15) is 8.42 Å². The van der Waals surface area contributed by atoms with Crippen LogP contribution in [0.15, 0.2) is 40.2 Å². The van der Waals surface area contributed by atoms with Gasteiger partial charge in [-0.05, 0) is 44.2 Å². The SMILES string of the molecule is CCN=C(NC(CC)CS(=O)(=O)c1ccccc1)N1CCCC(C)C1.I. The Kier molecular flexibility index (Phi) is 9.92. The van der Waals surface area contributed by atoms with Crippen molar-refractivity contribution in [2.24, 2.45) is 10.9 Å². The van der Waals surface area contributed by atoms with Crippen molar-refractivity contribution in [3.63, 3.8) is 0 Å². The van der Waals surface area contributed by atoms with E-state index in [1.54, 1.807) is 24.3 Å². The van der Waals surface area contributed by atoms with Crippen LogP contribution in [0, 0.1) is 5.92 Å². The molecule has 1 saturated heterocycles. The van der Waals surface area contributed by atoms with Gasteiger partial charge in [-0.15, -0.1) is 24.0 Å². The van der Waals surface area contributed by atoms with Crippen LogP contribution in [-0.4, -0.2) is 50.7 Å². The summed E-state index contributed by atoms with van der Waals surface area (Å²) in [6.45, 7) is 8.94. The first-order valence-electron chi connectivity index (χ1n) is 9.30. The van der Waals surface area contributed by atoms with Gasteiger partial charge < -0.3 is 10.2 Å². The number of piperidine rings is 1. The van der Waals surface area contributed by atoms with Gasteiger partial charge >= 0.3 is 0 Å². The minimum atomic E-state index is -3.31. The number of likely N-dealkylation sites (tertiary alicyclic amines) is 1. The van der Waals surface area contributed by atoms with E-state index in [2.05, 4.69) is 22.1 Å².